The van der Waals surface area contributed by atoms with Gasteiger partial charge in [-0.25, -0.2) is 4.98 Å². The van der Waals surface area contributed by atoms with Crippen LogP contribution in [-0.2, 0) is 0 Å². The smallest absolute Gasteiger partial charge is 0.257 e. The molecule has 28 heavy (non-hydrogen) atoms. The van der Waals surface area contributed by atoms with Crippen molar-refractivity contribution in [2.24, 2.45) is 0 Å². The van der Waals surface area contributed by atoms with Crippen LogP contribution in [0.3, 0.4) is 0 Å². The summed E-state index contributed by atoms with van der Waals surface area (Å²) in [5.41, 5.74) is 3.17. The summed E-state index contributed by atoms with van der Waals surface area (Å²) in [7, 11) is 2.98. The molecule has 0 atom stereocenters. The first-order chi connectivity index (χ1) is 13.6. The van der Waals surface area contributed by atoms with E-state index in [1.165, 1.54) is 31.6 Å². The third-order valence-electron chi connectivity index (χ3n) is 4.29. The fourth-order valence-electron chi connectivity index (χ4n) is 2.96. The van der Waals surface area contributed by atoms with E-state index in [2.05, 4.69) is 15.3 Å². The van der Waals surface area contributed by atoms with Crippen molar-refractivity contribution in [3.05, 3.63) is 58.6 Å². The molecule has 2 aromatic carbocycles. The zero-order valence-corrected chi connectivity index (χ0v) is 16.6. The van der Waals surface area contributed by atoms with Crippen molar-refractivity contribution in [2.75, 3.05) is 19.5 Å². The van der Waals surface area contributed by atoms with Crippen molar-refractivity contribution in [1.29, 1.82) is 0 Å². The largest absolute Gasteiger partial charge is 0.493 e. The van der Waals surface area contributed by atoms with Crippen LogP contribution >= 0.6 is 22.9 Å². The molecule has 0 aliphatic heterocycles. The van der Waals surface area contributed by atoms with E-state index in [-0.39, 0.29) is 5.91 Å². The van der Waals surface area contributed by atoms with Crippen molar-refractivity contribution in [3.63, 3.8) is 0 Å². The Bertz CT molecular complexity index is 1170. The minimum Gasteiger partial charge on any atom is -0.493 e. The van der Waals surface area contributed by atoms with Crippen LogP contribution in [0.15, 0.2) is 48.0 Å². The van der Waals surface area contributed by atoms with Gasteiger partial charge in [0.25, 0.3) is 5.91 Å². The number of rotatable bonds is 5. The molecule has 0 radical (unpaired) electrons. The molecular weight excluding hydrogens is 398 g/mol. The van der Waals surface area contributed by atoms with E-state index in [0.717, 1.165) is 22.2 Å². The van der Waals surface area contributed by atoms with Crippen LogP contribution in [0.5, 0.6) is 11.5 Å². The molecule has 2 heterocycles. The fraction of sp³-hybridized carbons (Fsp3) is 0.100. The predicted molar refractivity (Wildman–Crippen MR) is 112 cm³/mol. The molecule has 0 saturated carbocycles. The van der Waals surface area contributed by atoms with Gasteiger partial charge in [0.15, 0.2) is 16.6 Å². The van der Waals surface area contributed by atoms with Crippen LogP contribution in [0, 0.1) is 0 Å². The van der Waals surface area contributed by atoms with E-state index in [9.17, 15) is 4.79 Å². The average Bonchev–Trinajstić information content (AvgIpc) is 3.33. The molecule has 0 unspecified atom stereocenters. The highest BCUT2D eigenvalue weighted by atomic mass is 35.5. The second-order valence-electron chi connectivity index (χ2n) is 5.93. The van der Waals surface area contributed by atoms with Crippen LogP contribution in [0.2, 0.25) is 5.02 Å². The summed E-state index contributed by atoms with van der Waals surface area (Å²) in [4.78, 5) is 20.4. The van der Waals surface area contributed by atoms with E-state index >= 15 is 0 Å². The van der Waals surface area contributed by atoms with Gasteiger partial charge in [0.1, 0.15) is 0 Å². The van der Waals surface area contributed by atoms with Crippen LogP contribution < -0.4 is 14.8 Å². The molecule has 4 rings (SSSR count). The SMILES string of the molecule is COc1cc(C(=O)Nc2nc(-c3c[nH]c4ccccc34)cs2)cc(Cl)c1OC. The van der Waals surface area contributed by atoms with Gasteiger partial charge >= 0.3 is 0 Å². The number of H-pyrrole nitrogens is 1. The summed E-state index contributed by atoms with van der Waals surface area (Å²) in [5.74, 6) is 0.443. The summed E-state index contributed by atoms with van der Waals surface area (Å²) in [6, 6.07) is 11.1. The van der Waals surface area contributed by atoms with Crippen molar-refractivity contribution < 1.29 is 14.3 Å². The molecule has 4 aromatic rings. The number of halogens is 1. The quantitative estimate of drug-likeness (QED) is 0.470. The highest BCUT2D eigenvalue weighted by Crippen LogP contribution is 2.36. The number of fused-ring (bicyclic) bond motifs is 1. The lowest BCUT2D eigenvalue weighted by atomic mass is 10.1. The molecule has 2 N–H and O–H groups in total. The Balaban J connectivity index is 1.59. The Kier molecular flexibility index (Phi) is 4.93. The zero-order valence-electron chi connectivity index (χ0n) is 15.1. The summed E-state index contributed by atoms with van der Waals surface area (Å²) >= 11 is 7.54. The number of aromatic amines is 1. The van der Waals surface area contributed by atoms with Gasteiger partial charge in [0.05, 0.1) is 24.9 Å². The number of carbonyl (C=O) groups is 1. The Morgan fingerprint density at radius 3 is 2.82 bits per heavy atom. The van der Waals surface area contributed by atoms with Gasteiger partial charge in [-0.2, -0.15) is 0 Å². The Hall–Kier alpha value is -3.03. The first-order valence-electron chi connectivity index (χ1n) is 8.35. The summed E-state index contributed by atoms with van der Waals surface area (Å²) in [6.45, 7) is 0. The minimum atomic E-state index is -0.331. The predicted octanol–water partition coefficient (Wildman–Crippen LogP) is 5.21. The molecule has 142 valence electrons. The first-order valence-corrected chi connectivity index (χ1v) is 9.61. The van der Waals surface area contributed by atoms with Crippen LogP contribution in [0.1, 0.15) is 10.4 Å². The maximum Gasteiger partial charge on any atom is 0.257 e. The molecule has 2 aromatic heterocycles. The Morgan fingerprint density at radius 2 is 2.04 bits per heavy atom. The molecule has 0 saturated heterocycles. The maximum atomic E-state index is 12.6. The number of hydrogen-bond acceptors (Lipinski definition) is 5. The number of nitrogens with zero attached hydrogens (tertiary/aromatic N) is 1. The standard InChI is InChI=1S/C20H16ClN3O3S/c1-26-17-8-11(7-14(21)18(17)27-2)19(25)24-20-23-16(10-28-20)13-9-22-15-6-4-3-5-12(13)15/h3-10,22H,1-2H3,(H,23,24,25). The monoisotopic (exact) mass is 413 g/mol. The molecule has 8 heteroatoms. The summed E-state index contributed by atoms with van der Waals surface area (Å²) in [6.07, 6.45) is 1.92. The topological polar surface area (TPSA) is 76.2 Å². The van der Waals surface area contributed by atoms with Crippen molar-refractivity contribution in [2.45, 2.75) is 0 Å². The van der Waals surface area contributed by atoms with Crippen molar-refractivity contribution in [3.8, 4) is 22.8 Å². The van der Waals surface area contributed by atoms with Gasteiger partial charge in [0.2, 0.25) is 0 Å². The molecule has 0 aliphatic carbocycles. The van der Waals surface area contributed by atoms with Crippen LogP contribution in [-0.4, -0.2) is 30.1 Å². The fourth-order valence-corrected chi connectivity index (χ4v) is 3.95. The zero-order chi connectivity index (χ0) is 19.7. The van der Waals surface area contributed by atoms with Crippen LogP contribution in [0.25, 0.3) is 22.2 Å². The first kappa shape index (κ1) is 18.3. The van der Waals surface area contributed by atoms with E-state index in [1.807, 2.05) is 35.8 Å². The molecule has 6 nitrogen and oxygen atoms in total. The lowest BCUT2D eigenvalue weighted by Crippen LogP contribution is -2.12. The lowest BCUT2D eigenvalue weighted by Gasteiger charge is -2.11. The second kappa shape index (κ2) is 7.53. The number of methoxy groups -OCH3 is 2. The van der Waals surface area contributed by atoms with Crippen LogP contribution in [0.4, 0.5) is 5.13 Å². The number of hydrogen-bond donors (Lipinski definition) is 2. The van der Waals surface area contributed by atoms with Gasteiger partial charge in [-0.1, -0.05) is 29.8 Å². The highest BCUT2D eigenvalue weighted by Gasteiger charge is 2.17. The second-order valence-corrected chi connectivity index (χ2v) is 7.20. The number of carbonyl (C=O) groups excluding carboxylic acids is 1. The molecular formula is C20H16ClN3O3S. The van der Waals surface area contributed by atoms with Crippen molar-refractivity contribution in [1.82, 2.24) is 9.97 Å². The molecule has 1 amide bonds. The average molecular weight is 414 g/mol. The number of para-hydroxylation sites is 1. The summed E-state index contributed by atoms with van der Waals surface area (Å²) < 4.78 is 10.4. The van der Waals surface area contributed by atoms with E-state index < -0.39 is 0 Å². The normalized spacial score (nSPS) is 10.8. The number of aromatic nitrogens is 2. The number of benzene rings is 2. The summed E-state index contributed by atoms with van der Waals surface area (Å²) in [5, 5.41) is 6.59. The number of thiazole rings is 1. The van der Waals surface area contributed by atoms with Crippen molar-refractivity contribution >= 4 is 44.9 Å². The highest BCUT2D eigenvalue weighted by molar-refractivity contribution is 7.14. The maximum absolute atomic E-state index is 12.6. The minimum absolute atomic E-state index is 0.297. The molecule has 0 fully saturated rings. The van der Waals surface area contributed by atoms with E-state index in [1.54, 1.807) is 6.07 Å². The molecule has 0 spiro atoms. The Morgan fingerprint density at radius 1 is 1.21 bits per heavy atom. The van der Waals surface area contributed by atoms with Gasteiger partial charge in [-0.15, -0.1) is 11.3 Å². The van der Waals surface area contributed by atoms with E-state index in [0.29, 0.717) is 27.2 Å². The molecule has 0 aliphatic rings. The number of ether oxygens (including phenoxy) is 2. The third-order valence-corrected chi connectivity index (χ3v) is 5.32. The Labute approximate surface area is 170 Å². The number of anilines is 1. The number of amides is 1. The van der Waals surface area contributed by atoms with E-state index in [4.69, 9.17) is 21.1 Å². The number of nitrogens with one attached hydrogen (secondary N) is 2. The third kappa shape index (κ3) is 3.30. The molecule has 0 bridgehead atoms. The van der Waals surface area contributed by atoms with Gasteiger partial charge in [-0.05, 0) is 18.2 Å². The lowest BCUT2D eigenvalue weighted by molar-refractivity contribution is 0.102. The van der Waals surface area contributed by atoms with Gasteiger partial charge in [-0.3, -0.25) is 10.1 Å². The van der Waals surface area contributed by atoms with Gasteiger partial charge in [0, 0.05) is 33.6 Å². The van der Waals surface area contributed by atoms with Gasteiger partial charge < -0.3 is 14.5 Å².